The maximum atomic E-state index is 13.2. The number of ketones is 1. The molecule has 0 unspecified atom stereocenters. The van der Waals surface area contributed by atoms with Crippen LogP contribution in [0.5, 0.6) is 0 Å². The molecule has 130 valence electrons. The number of hydrogen-bond donors (Lipinski definition) is 0. The third-order valence-corrected chi connectivity index (χ3v) is 7.14. The maximum absolute atomic E-state index is 13.2. The van der Waals surface area contributed by atoms with E-state index in [1.165, 1.54) is 6.08 Å². The number of aryl methyl sites for hydroxylation is 1. The summed E-state index contributed by atoms with van der Waals surface area (Å²) in [4.78, 5) is 12.4. The molecule has 0 saturated heterocycles. The van der Waals surface area contributed by atoms with Crippen molar-refractivity contribution in [1.82, 2.24) is 0 Å². The number of carbonyl (C=O) groups excluding carboxylic acids is 1. The van der Waals surface area contributed by atoms with E-state index in [1.807, 2.05) is 30.3 Å². The minimum Gasteiger partial charge on any atom is -0.295 e. The molecule has 3 nitrogen and oxygen atoms in total. The number of allylic oxidation sites excluding steroid dienone is 1. The van der Waals surface area contributed by atoms with Crippen molar-refractivity contribution < 1.29 is 13.2 Å². The topological polar surface area (TPSA) is 51.2 Å². The highest BCUT2D eigenvalue weighted by atomic mass is 32.2. The molecule has 4 heteroatoms. The van der Waals surface area contributed by atoms with Crippen LogP contribution in [0.25, 0.3) is 0 Å². The summed E-state index contributed by atoms with van der Waals surface area (Å²) in [6, 6.07) is 18.5. The van der Waals surface area contributed by atoms with Crippen molar-refractivity contribution in [2.75, 3.05) is 0 Å². The minimum absolute atomic E-state index is 0.0232. The van der Waals surface area contributed by atoms with Crippen molar-refractivity contribution in [1.29, 1.82) is 0 Å². The van der Waals surface area contributed by atoms with Gasteiger partial charge in [-0.1, -0.05) is 54.1 Å². The van der Waals surface area contributed by atoms with Gasteiger partial charge in [0, 0.05) is 6.42 Å². The summed E-state index contributed by atoms with van der Waals surface area (Å²) in [5, 5.41) is -0.628. The molecule has 0 radical (unpaired) electrons. The van der Waals surface area contributed by atoms with E-state index in [0.29, 0.717) is 23.3 Å². The lowest BCUT2D eigenvalue weighted by molar-refractivity contribution is -0.115. The molecule has 2 atom stereocenters. The first-order valence-corrected chi connectivity index (χ1v) is 10.1. The van der Waals surface area contributed by atoms with Crippen LogP contribution < -0.4 is 0 Å². The van der Waals surface area contributed by atoms with E-state index < -0.39 is 15.1 Å². The third-order valence-electron chi connectivity index (χ3n) is 4.78. The first-order valence-electron chi connectivity index (χ1n) is 8.52. The van der Waals surface area contributed by atoms with Gasteiger partial charge in [0.25, 0.3) is 0 Å². The molecular formula is C21H22O3S. The van der Waals surface area contributed by atoms with Gasteiger partial charge in [-0.3, -0.25) is 4.79 Å². The molecule has 0 bridgehead atoms. The van der Waals surface area contributed by atoms with Crippen LogP contribution in [0.3, 0.4) is 0 Å². The lowest BCUT2D eigenvalue weighted by atomic mass is 9.84. The van der Waals surface area contributed by atoms with Crippen LogP contribution in [0.2, 0.25) is 0 Å². The predicted molar refractivity (Wildman–Crippen MR) is 99.0 cm³/mol. The second-order valence-corrected chi connectivity index (χ2v) is 8.69. The van der Waals surface area contributed by atoms with E-state index >= 15 is 0 Å². The van der Waals surface area contributed by atoms with E-state index in [0.717, 1.165) is 12.0 Å². The summed E-state index contributed by atoms with van der Waals surface area (Å²) in [6.07, 6.45) is 3.25. The Balaban J connectivity index is 1.90. The van der Waals surface area contributed by atoms with Gasteiger partial charge < -0.3 is 0 Å². The molecule has 0 amide bonds. The van der Waals surface area contributed by atoms with Gasteiger partial charge in [0.05, 0.1) is 10.1 Å². The summed E-state index contributed by atoms with van der Waals surface area (Å²) in [5.41, 5.74) is 1.82. The number of rotatable bonds is 5. The quantitative estimate of drug-likeness (QED) is 0.815. The monoisotopic (exact) mass is 354 g/mol. The van der Waals surface area contributed by atoms with Crippen LogP contribution >= 0.6 is 0 Å². The van der Waals surface area contributed by atoms with Crippen molar-refractivity contribution in [3.05, 3.63) is 77.9 Å². The Labute approximate surface area is 149 Å². The Hall–Kier alpha value is -2.20. The van der Waals surface area contributed by atoms with Crippen molar-refractivity contribution in [3.8, 4) is 0 Å². The Kier molecular flexibility index (Phi) is 5.19. The molecule has 2 aromatic rings. The lowest BCUT2D eigenvalue weighted by Gasteiger charge is -2.30. The molecule has 0 aliphatic heterocycles. The highest BCUT2D eigenvalue weighted by Gasteiger charge is 2.39. The SMILES string of the molecule is CC1=CC(=O)C[C@@H](CCc2ccccc2)[C@@H]1S(=O)(=O)c1ccccc1. The van der Waals surface area contributed by atoms with Gasteiger partial charge in [-0.2, -0.15) is 0 Å². The van der Waals surface area contributed by atoms with E-state index in [-0.39, 0.29) is 11.7 Å². The molecule has 2 aromatic carbocycles. The van der Waals surface area contributed by atoms with Gasteiger partial charge in [0.15, 0.2) is 15.6 Å². The normalized spacial score (nSPS) is 21.0. The average molecular weight is 354 g/mol. The molecule has 1 aliphatic rings. The van der Waals surface area contributed by atoms with Crippen LogP contribution in [0.1, 0.15) is 25.3 Å². The zero-order valence-electron chi connectivity index (χ0n) is 14.3. The molecule has 3 rings (SSSR count). The highest BCUT2D eigenvalue weighted by Crippen LogP contribution is 2.35. The van der Waals surface area contributed by atoms with Crippen molar-refractivity contribution in [3.63, 3.8) is 0 Å². The molecule has 1 aliphatic carbocycles. The fourth-order valence-corrected chi connectivity index (χ4v) is 5.76. The maximum Gasteiger partial charge on any atom is 0.185 e. The van der Waals surface area contributed by atoms with E-state index in [1.54, 1.807) is 37.3 Å². The zero-order valence-corrected chi connectivity index (χ0v) is 15.1. The number of benzene rings is 2. The average Bonchev–Trinajstić information content (AvgIpc) is 2.61. The second-order valence-electron chi connectivity index (χ2n) is 6.62. The summed E-state index contributed by atoms with van der Waals surface area (Å²) in [7, 11) is -3.51. The number of sulfone groups is 1. The van der Waals surface area contributed by atoms with Crippen LogP contribution in [0.15, 0.2) is 77.2 Å². The van der Waals surface area contributed by atoms with Gasteiger partial charge in [0.1, 0.15) is 0 Å². The molecule has 0 heterocycles. The fourth-order valence-electron chi connectivity index (χ4n) is 3.64. The van der Waals surface area contributed by atoms with E-state index in [2.05, 4.69) is 0 Å². The Morgan fingerprint density at radius 2 is 1.56 bits per heavy atom. The van der Waals surface area contributed by atoms with Gasteiger partial charge in [-0.25, -0.2) is 8.42 Å². The molecule has 0 fully saturated rings. The summed E-state index contributed by atoms with van der Waals surface area (Å²) in [6.45, 7) is 1.76. The molecule has 25 heavy (non-hydrogen) atoms. The van der Waals surface area contributed by atoms with Crippen molar-refractivity contribution in [2.45, 2.75) is 36.3 Å². The Morgan fingerprint density at radius 3 is 2.20 bits per heavy atom. The van der Waals surface area contributed by atoms with Crippen LogP contribution in [0, 0.1) is 5.92 Å². The molecule has 0 saturated carbocycles. The highest BCUT2D eigenvalue weighted by molar-refractivity contribution is 7.92. The van der Waals surface area contributed by atoms with Gasteiger partial charge in [-0.15, -0.1) is 0 Å². The smallest absolute Gasteiger partial charge is 0.185 e. The summed E-state index contributed by atoms with van der Waals surface area (Å²) < 4.78 is 26.3. The van der Waals surface area contributed by atoms with Crippen LogP contribution in [-0.4, -0.2) is 19.5 Å². The van der Waals surface area contributed by atoms with Gasteiger partial charge in [-0.05, 0) is 49.5 Å². The molecule has 0 aromatic heterocycles. The third kappa shape index (κ3) is 3.90. The van der Waals surface area contributed by atoms with Crippen molar-refractivity contribution >= 4 is 15.6 Å². The van der Waals surface area contributed by atoms with Crippen LogP contribution in [-0.2, 0) is 21.1 Å². The minimum atomic E-state index is -3.51. The van der Waals surface area contributed by atoms with Crippen molar-refractivity contribution in [2.24, 2.45) is 5.92 Å². The lowest BCUT2D eigenvalue weighted by Crippen LogP contribution is -2.36. The zero-order chi connectivity index (χ0) is 17.9. The van der Waals surface area contributed by atoms with Crippen LogP contribution in [0.4, 0.5) is 0 Å². The second kappa shape index (κ2) is 7.36. The predicted octanol–water partition coefficient (Wildman–Crippen LogP) is 4.00. The molecule has 0 spiro atoms. The van der Waals surface area contributed by atoms with Gasteiger partial charge in [0.2, 0.25) is 0 Å². The van der Waals surface area contributed by atoms with Gasteiger partial charge >= 0.3 is 0 Å². The summed E-state index contributed by atoms with van der Waals surface area (Å²) >= 11 is 0. The largest absolute Gasteiger partial charge is 0.295 e. The molecule has 0 N–H and O–H groups in total. The summed E-state index contributed by atoms with van der Waals surface area (Å²) in [5.74, 6) is -0.169. The van der Waals surface area contributed by atoms with E-state index in [9.17, 15) is 13.2 Å². The fraction of sp³-hybridized carbons (Fsp3) is 0.286. The Bertz CT molecular complexity index is 868. The first-order chi connectivity index (χ1) is 12.0. The number of hydrogen-bond acceptors (Lipinski definition) is 3. The van der Waals surface area contributed by atoms with E-state index in [4.69, 9.17) is 0 Å². The molecular weight excluding hydrogens is 332 g/mol. The number of carbonyl (C=O) groups is 1. The first kappa shape index (κ1) is 17.6. The Morgan fingerprint density at radius 1 is 0.960 bits per heavy atom. The standard InChI is InChI=1S/C21H22O3S/c1-16-14-19(22)15-18(13-12-17-8-4-2-5-9-17)21(16)25(23,24)20-10-6-3-7-11-20/h2-11,14,18,21H,12-13,15H2,1H3/t18-,21-/m1/s1.